The fourth-order valence-electron chi connectivity index (χ4n) is 1.93. The summed E-state index contributed by atoms with van der Waals surface area (Å²) in [5.74, 6) is 0.437. The van der Waals surface area contributed by atoms with Crippen LogP contribution in [0.1, 0.15) is 11.1 Å². The second-order valence-corrected chi connectivity index (χ2v) is 4.51. The molecule has 1 N–H and O–H groups in total. The van der Waals surface area contributed by atoms with Crippen molar-refractivity contribution in [3.8, 4) is 11.5 Å². The van der Waals surface area contributed by atoms with Crippen molar-refractivity contribution in [1.82, 2.24) is 5.32 Å². The van der Waals surface area contributed by atoms with Gasteiger partial charge in [-0.2, -0.15) is 0 Å². The molecular formula is C17H21NO5. The average Bonchev–Trinajstić information content (AvgIpc) is 2.59. The minimum atomic E-state index is -0.453. The van der Waals surface area contributed by atoms with E-state index in [9.17, 15) is 9.59 Å². The Morgan fingerprint density at radius 1 is 1.17 bits per heavy atom. The molecule has 23 heavy (non-hydrogen) atoms. The van der Waals surface area contributed by atoms with E-state index in [-0.39, 0.29) is 5.91 Å². The summed E-state index contributed by atoms with van der Waals surface area (Å²) >= 11 is 0. The van der Waals surface area contributed by atoms with Gasteiger partial charge < -0.3 is 19.5 Å². The number of benzene rings is 1. The molecule has 124 valence electrons. The van der Waals surface area contributed by atoms with E-state index < -0.39 is 5.97 Å². The lowest BCUT2D eigenvalue weighted by Crippen LogP contribution is -2.23. The third-order valence-corrected chi connectivity index (χ3v) is 3.12. The maximum absolute atomic E-state index is 11.3. The fraction of sp³-hybridized carbons (Fsp3) is 0.294. The molecule has 0 heterocycles. The number of esters is 1. The van der Waals surface area contributed by atoms with Crippen LogP contribution in [0.5, 0.6) is 11.5 Å². The van der Waals surface area contributed by atoms with Crippen LogP contribution in [-0.4, -0.2) is 39.8 Å². The van der Waals surface area contributed by atoms with Crippen LogP contribution in [0.4, 0.5) is 0 Å². The molecule has 6 nitrogen and oxygen atoms in total. The summed E-state index contributed by atoms with van der Waals surface area (Å²) in [4.78, 5) is 22.5. The molecular weight excluding hydrogens is 298 g/mol. The largest absolute Gasteiger partial charge is 0.493 e. The minimum absolute atomic E-state index is 0.239. The molecule has 0 aliphatic carbocycles. The normalized spacial score (nSPS) is 10.2. The van der Waals surface area contributed by atoms with Crippen LogP contribution >= 0.6 is 0 Å². The first-order chi connectivity index (χ1) is 11.0. The van der Waals surface area contributed by atoms with Gasteiger partial charge in [0, 0.05) is 12.6 Å². The molecule has 0 fully saturated rings. The average molecular weight is 319 g/mol. The van der Waals surface area contributed by atoms with Crippen molar-refractivity contribution < 1.29 is 23.8 Å². The molecule has 0 radical (unpaired) electrons. The van der Waals surface area contributed by atoms with Crippen molar-refractivity contribution in [1.29, 1.82) is 0 Å². The van der Waals surface area contributed by atoms with Gasteiger partial charge in [-0.25, -0.2) is 4.79 Å². The predicted octanol–water partition coefficient (Wildman–Crippen LogP) is 1.73. The lowest BCUT2D eigenvalue weighted by molar-refractivity contribution is -0.134. The highest BCUT2D eigenvalue weighted by molar-refractivity contribution is 5.87. The van der Waals surface area contributed by atoms with E-state index >= 15 is 0 Å². The molecule has 0 aliphatic heterocycles. The summed E-state index contributed by atoms with van der Waals surface area (Å²) in [7, 11) is 4.40. The fourth-order valence-corrected chi connectivity index (χ4v) is 1.93. The van der Waals surface area contributed by atoms with E-state index in [1.807, 2.05) is 6.07 Å². The van der Waals surface area contributed by atoms with Gasteiger partial charge in [-0.3, -0.25) is 4.79 Å². The Morgan fingerprint density at radius 2 is 1.83 bits per heavy atom. The highest BCUT2D eigenvalue weighted by Crippen LogP contribution is 2.31. The molecule has 1 aromatic carbocycles. The van der Waals surface area contributed by atoms with E-state index in [1.165, 1.54) is 26.4 Å². The Balaban J connectivity index is 3.07. The zero-order valence-electron chi connectivity index (χ0n) is 13.5. The van der Waals surface area contributed by atoms with Gasteiger partial charge in [-0.15, -0.1) is 0 Å². The van der Waals surface area contributed by atoms with Gasteiger partial charge in [-0.05, 0) is 41.8 Å². The van der Waals surface area contributed by atoms with Gasteiger partial charge in [0.15, 0.2) is 11.5 Å². The predicted molar refractivity (Wildman–Crippen MR) is 87.5 cm³/mol. The number of hydrogen-bond acceptors (Lipinski definition) is 5. The molecule has 0 saturated heterocycles. The van der Waals surface area contributed by atoms with Crippen LogP contribution in [0, 0.1) is 0 Å². The van der Waals surface area contributed by atoms with Crippen LogP contribution in [-0.2, 0) is 20.7 Å². The molecule has 1 aromatic rings. The van der Waals surface area contributed by atoms with Gasteiger partial charge in [0.2, 0.25) is 5.91 Å². The van der Waals surface area contributed by atoms with E-state index in [1.54, 1.807) is 19.3 Å². The smallest absolute Gasteiger partial charge is 0.330 e. The third-order valence-electron chi connectivity index (χ3n) is 3.12. The number of ether oxygens (including phenoxy) is 3. The number of hydrogen-bond donors (Lipinski definition) is 1. The van der Waals surface area contributed by atoms with E-state index in [0.717, 1.165) is 11.1 Å². The summed E-state index contributed by atoms with van der Waals surface area (Å²) in [6.45, 7) is 3.83. The SMILES string of the molecule is C=CC(=O)NCCc1cc(OC)c(OC)cc1/C=C/C(=O)OC. The first-order valence-corrected chi connectivity index (χ1v) is 6.96. The molecule has 1 rings (SSSR count). The maximum atomic E-state index is 11.3. The highest BCUT2D eigenvalue weighted by atomic mass is 16.5. The van der Waals surface area contributed by atoms with E-state index in [0.29, 0.717) is 24.5 Å². The Bertz CT molecular complexity index is 607. The van der Waals surface area contributed by atoms with E-state index in [2.05, 4.69) is 16.6 Å². The van der Waals surface area contributed by atoms with Gasteiger partial charge in [-0.1, -0.05) is 6.58 Å². The van der Waals surface area contributed by atoms with Crippen LogP contribution < -0.4 is 14.8 Å². The van der Waals surface area contributed by atoms with Crippen molar-refractivity contribution >= 4 is 18.0 Å². The zero-order chi connectivity index (χ0) is 17.2. The van der Waals surface area contributed by atoms with Gasteiger partial charge in [0.1, 0.15) is 0 Å². The van der Waals surface area contributed by atoms with Crippen molar-refractivity contribution in [3.05, 3.63) is 42.0 Å². The summed E-state index contributed by atoms with van der Waals surface area (Å²) in [5.41, 5.74) is 1.67. The maximum Gasteiger partial charge on any atom is 0.330 e. The standard InChI is InChI=1S/C17H21NO5/c1-5-16(19)18-9-8-13-11-15(22-3)14(21-2)10-12(13)6-7-17(20)23-4/h5-7,10-11H,1,8-9H2,2-4H3,(H,18,19)/b7-6+. The Morgan fingerprint density at radius 3 is 2.39 bits per heavy atom. The lowest BCUT2D eigenvalue weighted by atomic mass is 10.0. The quantitative estimate of drug-likeness (QED) is 0.583. The number of methoxy groups -OCH3 is 3. The molecule has 0 bridgehead atoms. The van der Waals surface area contributed by atoms with E-state index in [4.69, 9.17) is 9.47 Å². The zero-order valence-corrected chi connectivity index (χ0v) is 13.5. The molecule has 0 spiro atoms. The molecule has 0 aliphatic rings. The third kappa shape index (κ3) is 5.50. The van der Waals surface area contributed by atoms with Crippen molar-refractivity contribution in [2.45, 2.75) is 6.42 Å². The van der Waals surface area contributed by atoms with Crippen molar-refractivity contribution in [3.63, 3.8) is 0 Å². The summed E-state index contributed by atoms with van der Waals surface area (Å²) in [6.07, 6.45) is 4.74. The van der Waals surface area contributed by atoms with Crippen LogP contribution in [0.2, 0.25) is 0 Å². The van der Waals surface area contributed by atoms with Gasteiger partial charge in [0.25, 0.3) is 0 Å². The molecule has 0 aromatic heterocycles. The number of carbonyl (C=O) groups excluding carboxylic acids is 2. The Kier molecular flexibility index (Phi) is 7.39. The minimum Gasteiger partial charge on any atom is -0.493 e. The highest BCUT2D eigenvalue weighted by Gasteiger charge is 2.10. The number of amides is 1. The molecule has 0 atom stereocenters. The topological polar surface area (TPSA) is 73.9 Å². The van der Waals surface area contributed by atoms with Crippen molar-refractivity contribution in [2.24, 2.45) is 0 Å². The lowest BCUT2D eigenvalue weighted by Gasteiger charge is -2.13. The Hall–Kier alpha value is -2.76. The van der Waals surface area contributed by atoms with Crippen molar-refractivity contribution in [2.75, 3.05) is 27.9 Å². The summed E-state index contributed by atoms with van der Waals surface area (Å²) < 4.78 is 15.1. The summed E-state index contributed by atoms with van der Waals surface area (Å²) in [6, 6.07) is 3.58. The number of rotatable bonds is 8. The second kappa shape index (κ2) is 9.30. The van der Waals surface area contributed by atoms with Gasteiger partial charge in [0.05, 0.1) is 21.3 Å². The molecule has 1 amide bonds. The molecule has 0 unspecified atom stereocenters. The first kappa shape index (κ1) is 18.3. The first-order valence-electron chi connectivity index (χ1n) is 6.96. The summed E-state index contributed by atoms with van der Waals surface area (Å²) in [5, 5.41) is 2.71. The second-order valence-electron chi connectivity index (χ2n) is 4.51. The van der Waals surface area contributed by atoms with Gasteiger partial charge >= 0.3 is 5.97 Å². The Labute approximate surface area is 135 Å². The van der Waals surface area contributed by atoms with Crippen LogP contribution in [0.3, 0.4) is 0 Å². The van der Waals surface area contributed by atoms with Crippen LogP contribution in [0.15, 0.2) is 30.9 Å². The molecule has 6 heteroatoms. The number of carbonyl (C=O) groups is 2. The molecule has 0 saturated carbocycles. The number of nitrogens with one attached hydrogen (secondary N) is 1. The van der Waals surface area contributed by atoms with Crippen LogP contribution in [0.25, 0.3) is 6.08 Å². The monoisotopic (exact) mass is 319 g/mol.